The lowest BCUT2D eigenvalue weighted by molar-refractivity contribution is 0.0550. The average molecular weight is 217 g/mol. The second kappa shape index (κ2) is 9.77. The molecule has 2 N–H and O–H groups in total. The van der Waals surface area contributed by atoms with E-state index in [1.807, 2.05) is 0 Å². The zero-order chi connectivity index (χ0) is 11.5. The van der Waals surface area contributed by atoms with Crippen molar-refractivity contribution in [1.82, 2.24) is 5.32 Å². The largest absolute Gasteiger partial charge is 0.506 e. The normalized spacial score (nSPS) is 16.4. The van der Waals surface area contributed by atoms with Gasteiger partial charge in [0.25, 0.3) is 0 Å². The van der Waals surface area contributed by atoms with Crippen LogP contribution in [0.25, 0.3) is 0 Å². The van der Waals surface area contributed by atoms with E-state index in [-0.39, 0.29) is 6.10 Å². The Labute approximate surface area is 92.0 Å². The molecule has 0 aromatic carbocycles. The summed E-state index contributed by atoms with van der Waals surface area (Å²) in [6.07, 6.45) is 4.37. The van der Waals surface area contributed by atoms with Gasteiger partial charge in [-0.2, -0.15) is 0 Å². The zero-order valence-electron chi connectivity index (χ0n) is 9.79. The van der Waals surface area contributed by atoms with Gasteiger partial charge < -0.3 is 15.2 Å². The van der Waals surface area contributed by atoms with Crippen molar-refractivity contribution in [3.8, 4) is 0 Å². The maximum Gasteiger partial charge on any atom is 0.506 e. The van der Waals surface area contributed by atoms with Crippen molar-refractivity contribution in [2.24, 2.45) is 0 Å². The summed E-state index contributed by atoms with van der Waals surface area (Å²) >= 11 is 0. The smallest absolute Gasteiger partial charge is 0.450 e. The molecule has 1 aliphatic rings. The van der Waals surface area contributed by atoms with Gasteiger partial charge in [-0.3, -0.25) is 0 Å². The Morgan fingerprint density at radius 2 is 2.07 bits per heavy atom. The summed E-state index contributed by atoms with van der Waals surface area (Å²) in [4.78, 5) is 9.95. The lowest BCUT2D eigenvalue weighted by Crippen LogP contribution is -2.12. The van der Waals surface area contributed by atoms with Crippen LogP contribution in [0, 0.1) is 0 Å². The lowest BCUT2D eigenvalue weighted by Gasteiger charge is -2.08. The number of rotatable bonds is 4. The van der Waals surface area contributed by atoms with E-state index in [0.29, 0.717) is 0 Å². The topological polar surface area (TPSA) is 58.6 Å². The van der Waals surface area contributed by atoms with Gasteiger partial charge in [0.1, 0.15) is 6.10 Å². The molecule has 0 bridgehead atoms. The van der Waals surface area contributed by atoms with Gasteiger partial charge in [-0.05, 0) is 39.3 Å². The van der Waals surface area contributed by atoms with Crippen LogP contribution in [-0.2, 0) is 4.74 Å². The number of hydrogen-bond acceptors (Lipinski definition) is 3. The van der Waals surface area contributed by atoms with Crippen LogP contribution >= 0.6 is 0 Å². The minimum atomic E-state index is -1.18. The molecule has 1 saturated heterocycles. The van der Waals surface area contributed by atoms with Gasteiger partial charge >= 0.3 is 6.16 Å². The molecule has 0 saturated carbocycles. The fraction of sp³-hybridized carbons (Fsp3) is 0.909. The van der Waals surface area contributed by atoms with Crippen molar-refractivity contribution in [3.63, 3.8) is 0 Å². The van der Waals surface area contributed by atoms with Crippen LogP contribution in [0.1, 0.15) is 46.0 Å². The van der Waals surface area contributed by atoms with Crippen LogP contribution < -0.4 is 5.32 Å². The van der Waals surface area contributed by atoms with Crippen LogP contribution in [0.3, 0.4) is 0 Å². The van der Waals surface area contributed by atoms with Crippen molar-refractivity contribution in [3.05, 3.63) is 0 Å². The molecule has 0 aromatic heterocycles. The van der Waals surface area contributed by atoms with Gasteiger partial charge in [0.2, 0.25) is 0 Å². The Morgan fingerprint density at radius 1 is 1.47 bits per heavy atom. The first-order valence-electron chi connectivity index (χ1n) is 5.77. The summed E-state index contributed by atoms with van der Waals surface area (Å²) in [6.45, 7) is 6.33. The van der Waals surface area contributed by atoms with Gasteiger partial charge in [0, 0.05) is 0 Å². The molecule has 4 heteroatoms. The second-order valence-electron chi connectivity index (χ2n) is 3.79. The van der Waals surface area contributed by atoms with Gasteiger partial charge in [-0.25, -0.2) is 4.79 Å². The van der Waals surface area contributed by atoms with E-state index in [4.69, 9.17) is 5.11 Å². The first-order chi connectivity index (χ1) is 7.16. The van der Waals surface area contributed by atoms with E-state index in [0.717, 1.165) is 19.3 Å². The van der Waals surface area contributed by atoms with Crippen molar-refractivity contribution >= 4 is 6.16 Å². The molecule has 1 atom stereocenters. The van der Waals surface area contributed by atoms with Gasteiger partial charge in [0.15, 0.2) is 0 Å². The Morgan fingerprint density at radius 3 is 2.40 bits per heavy atom. The predicted octanol–water partition coefficient (Wildman–Crippen LogP) is 2.63. The molecule has 1 rings (SSSR count). The van der Waals surface area contributed by atoms with Crippen molar-refractivity contribution < 1.29 is 14.6 Å². The Balaban J connectivity index is 0.000000322. The Bertz CT molecular complexity index is 150. The first kappa shape index (κ1) is 14.2. The SMILES string of the molecule is C1CCNC1.CCCCC(C)OC(=O)O. The van der Waals surface area contributed by atoms with E-state index >= 15 is 0 Å². The van der Waals surface area contributed by atoms with E-state index in [2.05, 4.69) is 17.0 Å². The number of carboxylic acid groups (broad SMARTS) is 1. The molecule has 0 aromatic rings. The number of ether oxygens (including phenoxy) is 1. The Hall–Kier alpha value is -0.770. The van der Waals surface area contributed by atoms with Crippen molar-refractivity contribution in [2.45, 2.75) is 52.1 Å². The molecule has 1 heterocycles. The molecule has 4 nitrogen and oxygen atoms in total. The Kier molecular flexibility index (Phi) is 9.27. The van der Waals surface area contributed by atoms with E-state index < -0.39 is 6.16 Å². The highest BCUT2D eigenvalue weighted by molar-refractivity contribution is 5.56. The highest BCUT2D eigenvalue weighted by Crippen LogP contribution is 2.03. The summed E-state index contributed by atoms with van der Waals surface area (Å²) < 4.78 is 4.47. The number of unbranched alkanes of at least 4 members (excludes halogenated alkanes) is 1. The third-order valence-electron chi connectivity index (χ3n) is 2.22. The lowest BCUT2D eigenvalue weighted by atomic mass is 10.2. The molecule has 0 aliphatic carbocycles. The molecule has 1 aliphatic heterocycles. The zero-order valence-corrected chi connectivity index (χ0v) is 9.79. The van der Waals surface area contributed by atoms with E-state index in [9.17, 15) is 4.79 Å². The van der Waals surface area contributed by atoms with Gasteiger partial charge in [0.05, 0.1) is 0 Å². The number of nitrogens with one attached hydrogen (secondary N) is 1. The van der Waals surface area contributed by atoms with Gasteiger partial charge in [-0.15, -0.1) is 0 Å². The highest BCUT2D eigenvalue weighted by Gasteiger charge is 2.05. The van der Waals surface area contributed by atoms with Crippen LogP contribution in [0.5, 0.6) is 0 Å². The van der Waals surface area contributed by atoms with Crippen molar-refractivity contribution in [2.75, 3.05) is 13.1 Å². The van der Waals surface area contributed by atoms with E-state index in [1.54, 1.807) is 6.92 Å². The summed E-state index contributed by atoms with van der Waals surface area (Å²) in [5.74, 6) is 0. The number of hydrogen-bond donors (Lipinski definition) is 2. The molecule has 0 amide bonds. The monoisotopic (exact) mass is 217 g/mol. The standard InChI is InChI=1S/C7H14O3.C4H9N/c1-3-4-5-6(2)10-7(8)9;1-2-4-5-3-1/h6H,3-5H2,1-2H3,(H,8,9);5H,1-4H2. The quantitative estimate of drug-likeness (QED) is 0.711. The minimum absolute atomic E-state index is 0.155. The van der Waals surface area contributed by atoms with Crippen LogP contribution in [0.2, 0.25) is 0 Å². The summed E-state index contributed by atoms with van der Waals surface area (Å²) in [7, 11) is 0. The molecular formula is C11H23NO3. The fourth-order valence-electron chi connectivity index (χ4n) is 1.35. The third kappa shape index (κ3) is 11.2. The van der Waals surface area contributed by atoms with Crippen LogP contribution in [0.15, 0.2) is 0 Å². The molecule has 90 valence electrons. The summed E-state index contributed by atoms with van der Waals surface area (Å²) in [5, 5.41) is 11.4. The van der Waals surface area contributed by atoms with Crippen molar-refractivity contribution in [1.29, 1.82) is 0 Å². The molecule has 0 spiro atoms. The van der Waals surface area contributed by atoms with E-state index in [1.165, 1.54) is 25.9 Å². The molecule has 15 heavy (non-hydrogen) atoms. The molecular weight excluding hydrogens is 194 g/mol. The first-order valence-corrected chi connectivity index (χ1v) is 5.77. The molecule has 1 fully saturated rings. The maximum absolute atomic E-state index is 9.95. The number of carbonyl (C=O) groups is 1. The summed E-state index contributed by atoms with van der Waals surface area (Å²) in [5.41, 5.74) is 0. The molecule has 0 radical (unpaired) electrons. The predicted molar refractivity (Wildman–Crippen MR) is 60.2 cm³/mol. The van der Waals surface area contributed by atoms with Crippen LogP contribution in [-0.4, -0.2) is 30.5 Å². The summed E-state index contributed by atoms with van der Waals surface area (Å²) in [6, 6.07) is 0. The highest BCUT2D eigenvalue weighted by atomic mass is 16.7. The van der Waals surface area contributed by atoms with Crippen LogP contribution in [0.4, 0.5) is 4.79 Å². The fourth-order valence-corrected chi connectivity index (χ4v) is 1.35. The third-order valence-corrected chi connectivity index (χ3v) is 2.22. The minimum Gasteiger partial charge on any atom is -0.450 e. The average Bonchev–Trinajstić information content (AvgIpc) is 2.71. The second-order valence-corrected chi connectivity index (χ2v) is 3.79. The maximum atomic E-state index is 9.95. The molecule has 1 unspecified atom stereocenters. The van der Waals surface area contributed by atoms with Gasteiger partial charge in [-0.1, -0.05) is 19.8 Å².